The Balaban J connectivity index is 1.84. The largest absolute Gasteiger partial charge is 0.459 e. The second kappa shape index (κ2) is 9.65. The fraction of sp³-hybridized carbons (Fsp3) is 0.250. The van der Waals surface area contributed by atoms with E-state index >= 15 is 0 Å². The minimum absolute atomic E-state index is 0.529. The summed E-state index contributed by atoms with van der Waals surface area (Å²) in [6.07, 6.45) is 2.11. The maximum absolute atomic E-state index is 6.64. The summed E-state index contributed by atoms with van der Waals surface area (Å²) in [6, 6.07) is 26.8. The Labute approximate surface area is 176 Å². The Morgan fingerprint density at radius 1 is 0.759 bits per heavy atom. The van der Waals surface area contributed by atoms with Gasteiger partial charge in [0.05, 0.1) is 0 Å². The van der Waals surface area contributed by atoms with E-state index in [0.29, 0.717) is 0 Å². The summed E-state index contributed by atoms with van der Waals surface area (Å²) in [4.78, 5) is 0. The molecule has 0 saturated carbocycles. The fourth-order valence-corrected chi connectivity index (χ4v) is 9.77. The molecule has 0 aliphatic rings. The van der Waals surface area contributed by atoms with Gasteiger partial charge < -0.3 is 15.6 Å². The van der Waals surface area contributed by atoms with Gasteiger partial charge in [-0.2, -0.15) is 0 Å². The lowest BCUT2D eigenvalue weighted by atomic mass is 9.98. The first kappa shape index (κ1) is 20.3. The SMILES string of the molecule is NCCC[SiH2]O[SiH](CCCN)c1cccc2ccc3cc4ccccc4cc3c12. The van der Waals surface area contributed by atoms with Crippen LogP contribution in [-0.4, -0.2) is 31.9 Å². The standard InChI is InChI=1S/C24H30N2OSi2/c25-12-4-14-28-27-29(15-5-13-26)23-9-3-8-18-10-11-21-16-19-6-1-2-7-20(19)17-22(21)24(18)23/h1-3,6-11,16-17,29H,4-5,12-15,25-26,28H2. The summed E-state index contributed by atoms with van der Waals surface area (Å²) in [6.45, 7) is 1.49. The van der Waals surface area contributed by atoms with Crippen molar-refractivity contribution in [2.24, 2.45) is 11.5 Å². The van der Waals surface area contributed by atoms with Gasteiger partial charge in [-0.25, -0.2) is 0 Å². The minimum Gasteiger partial charge on any atom is -0.459 e. The average Bonchev–Trinajstić information content (AvgIpc) is 2.77. The van der Waals surface area contributed by atoms with Crippen molar-refractivity contribution in [3.63, 3.8) is 0 Å². The van der Waals surface area contributed by atoms with Gasteiger partial charge in [0.1, 0.15) is 9.76 Å². The van der Waals surface area contributed by atoms with Crippen molar-refractivity contribution < 1.29 is 4.12 Å². The van der Waals surface area contributed by atoms with E-state index in [2.05, 4.69) is 66.7 Å². The van der Waals surface area contributed by atoms with Crippen molar-refractivity contribution in [3.05, 3.63) is 66.7 Å². The minimum atomic E-state index is -1.53. The molecular formula is C24H30N2OSi2. The predicted molar refractivity (Wildman–Crippen MR) is 132 cm³/mol. The van der Waals surface area contributed by atoms with Crippen LogP contribution in [0, 0.1) is 0 Å². The first-order valence-electron chi connectivity index (χ1n) is 10.7. The second-order valence-electron chi connectivity index (χ2n) is 7.72. The first-order valence-corrected chi connectivity index (χ1v) is 14.1. The molecule has 0 fully saturated rings. The Morgan fingerprint density at radius 3 is 2.28 bits per heavy atom. The zero-order valence-electron chi connectivity index (χ0n) is 16.9. The van der Waals surface area contributed by atoms with Gasteiger partial charge >= 0.3 is 0 Å². The Kier molecular flexibility index (Phi) is 6.74. The van der Waals surface area contributed by atoms with Gasteiger partial charge in [0.15, 0.2) is 9.04 Å². The van der Waals surface area contributed by atoms with Crippen molar-refractivity contribution in [2.75, 3.05) is 13.1 Å². The smallest absolute Gasteiger partial charge is 0.195 e. The summed E-state index contributed by atoms with van der Waals surface area (Å²) in [7, 11) is -2.06. The van der Waals surface area contributed by atoms with Crippen LogP contribution in [0.1, 0.15) is 12.8 Å². The molecule has 4 N–H and O–H groups in total. The lowest BCUT2D eigenvalue weighted by Gasteiger charge is -2.20. The molecule has 4 aromatic carbocycles. The van der Waals surface area contributed by atoms with Crippen LogP contribution in [-0.2, 0) is 4.12 Å². The number of nitrogens with two attached hydrogens (primary N) is 2. The lowest BCUT2D eigenvalue weighted by Crippen LogP contribution is -2.36. The van der Waals surface area contributed by atoms with E-state index in [-0.39, 0.29) is 0 Å². The van der Waals surface area contributed by atoms with Gasteiger partial charge in [-0.15, -0.1) is 0 Å². The number of rotatable bonds is 9. The third kappa shape index (κ3) is 4.44. The maximum Gasteiger partial charge on any atom is 0.195 e. The molecule has 1 atom stereocenters. The molecule has 4 rings (SSSR count). The van der Waals surface area contributed by atoms with Gasteiger partial charge in [0.2, 0.25) is 0 Å². The van der Waals surface area contributed by atoms with E-state index in [4.69, 9.17) is 15.6 Å². The molecule has 0 aliphatic heterocycles. The van der Waals surface area contributed by atoms with Gasteiger partial charge in [-0.3, -0.25) is 0 Å². The highest BCUT2D eigenvalue weighted by Gasteiger charge is 2.18. The molecule has 0 amide bonds. The zero-order valence-corrected chi connectivity index (χ0v) is 19.5. The molecule has 29 heavy (non-hydrogen) atoms. The average molecular weight is 419 g/mol. The summed E-state index contributed by atoms with van der Waals surface area (Å²) in [5.41, 5.74) is 11.5. The van der Waals surface area contributed by atoms with Gasteiger partial charge in [0, 0.05) is 0 Å². The highest BCUT2D eigenvalue weighted by molar-refractivity contribution is 6.74. The van der Waals surface area contributed by atoms with Crippen LogP contribution in [0.25, 0.3) is 32.3 Å². The van der Waals surface area contributed by atoms with E-state index in [1.165, 1.54) is 43.5 Å². The topological polar surface area (TPSA) is 61.3 Å². The molecule has 0 heterocycles. The number of hydrogen-bond donors (Lipinski definition) is 2. The van der Waals surface area contributed by atoms with E-state index in [1.54, 1.807) is 0 Å². The van der Waals surface area contributed by atoms with E-state index in [1.807, 2.05) is 0 Å². The van der Waals surface area contributed by atoms with E-state index in [9.17, 15) is 0 Å². The Bertz CT molecular complexity index is 1120. The quantitative estimate of drug-likeness (QED) is 0.190. The fourth-order valence-electron chi connectivity index (χ4n) is 4.20. The van der Waals surface area contributed by atoms with Crippen molar-refractivity contribution in [3.8, 4) is 0 Å². The summed E-state index contributed by atoms with van der Waals surface area (Å²) in [5.74, 6) is 0. The molecular weight excluding hydrogens is 388 g/mol. The predicted octanol–water partition coefficient (Wildman–Crippen LogP) is 3.29. The first-order chi connectivity index (χ1) is 14.3. The van der Waals surface area contributed by atoms with Crippen LogP contribution in [0.15, 0.2) is 66.7 Å². The molecule has 0 aliphatic carbocycles. The highest BCUT2D eigenvalue weighted by atomic mass is 28.3. The van der Waals surface area contributed by atoms with Gasteiger partial charge in [0.25, 0.3) is 0 Å². The number of fused-ring (bicyclic) bond motifs is 4. The van der Waals surface area contributed by atoms with E-state index in [0.717, 1.165) is 32.0 Å². The number of benzene rings is 4. The van der Waals surface area contributed by atoms with Crippen LogP contribution in [0.3, 0.4) is 0 Å². The maximum atomic E-state index is 6.64. The monoisotopic (exact) mass is 418 g/mol. The molecule has 0 bridgehead atoms. The van der Waals surface area contributed by atoms with Crippen LogP contribution in [0.2, 0.25) is 12.1 Å². The van der Waals surface area contributed by atoms with Crippen molar-refractivity contribution >= 4 is 56.3 Å². The summed E-state index contributed by atoms with van der Waals surface area (Å²) < 4.78 is 6.64. The van der Waals surface area contributed by atoms with Crippen molar-refractivity contribution in [1.82, 2.24) is 0 Å². The third-order valence-corrected chi connectivity index (χ3v) is 11.1. The summed E-state index contributed by atoms with van der Waals surface area (Å²) in [5, 5.41) is 9.36. The Morgan fingerprint density at radius 2 is 1.48 bits per heavy atom. The molecule has 0 radical (unpaired) electrons. The molecule has 0 aromatic heterocycles. The van der Waals surface area contributed by atoms with Gasteiger partial charge in [-0.05, 0) is 87.7 Å². The molecule has 3 nitrogen and oxygen atoms in total. The normalized spacial score (nSPS) is 13.2. The van der Waals surface area contributed by atoms with Gasteiger partial charge in [-0.1, -0.05) is 54.6 Å². The molecule has 0 saturated heterocycles. The molecule has 5 heteroatoms. The van der Waals surface area contributed by atoms with Crippen molar-refractivity contribution in [1.29, 1.82) is 0 Å². The molecule has 4 aromatic rings. The molecule has 1 unspecified atom stereocenters. The molecule has 0 spiro atoms. The van der Waals surface area contributed by atoms with Crippen LogP contribution in [0.4, 0.5) is 0 Å². The lowest BCUT2D eigenvalue weighted by molar-refractivity contribution is 0.608. The Hall–Kier alpha value is -2.03. The second-order valence-corrected chi connectivity index (χ2v) is 12.3. The highest BCUT2D eigenvalue weighted by Crippen LogP contribution is 2.29. The van der Waals surface area contributed by atoms with Crippen LogP contribution >= 0.6 is 0 Å². The molecule has 150 valence electrons. The van der Waals surface area contributed by atoms with E-state index < -0.39 is 18.8 Å². The number of hydrogen-bond acceptors (Lipinski definition) is 3. The van der Waals surface area contributed by atoms with Crippen LogP contribution in [0.5, 0.6) is 0 Å². The zero-order chi connectivity index (χ0) is 20.1. The third-order valence-electron chi connectivity index (χ3n) is 5.69. The van der Waals surface area contributed by atoms with Crippen LogP contribution < -0.4 is 16.7 Å². The summed E-state index contributed by atoms with van der Waals surface area (Å²) >= 11 is 0. The van der Waals surface area contributed by atoms with Crippen molar-refractivity contribution in [2.45, 2.75) is 24.9 Å².